The first-order chi connectivity index (χ1) is 13.0. The number of hydrogen-bond donors (Lipinski definition) is 0. The Balaban J connectivity index is 2.28. The molecule has 2 rings (SSSR count). The average Bonchev–Trinajstić information content (AvgIpc) is 2.55. The lowest BCUT2D eigenvalue weighted by molar-refractivity contribution is -0.146. The van der Waals surface area contributed by atoms with E-state index < -0.39 is 0 Å². The van der Waals surface area contributed by atoms with E-state index >= 15 is 0 Å². The van der Waals surface area contributed by atoms with Crippen LogP contribution in [0.25, 0.3) is 0 Å². The molecule has 0 saturated heterocycles. The molecule has 0 amide bonds. The Morgan fingerprint density at radius 3 is 2.46 bits per heavy atom. The van der Waals surface area contributed by atoms with E-state index in [1.54, 1.807) is 0 Å². The molecule has 0 aliphatic heterocycles. The predicted molar refractivity (Wildman–Crippen MR) is 112 cm³/mol. The summed E-state index contributed by atoms with van der Waals surface area (Å²) in [6.45, 7) is 14.5. The van der Waals surface area contributed by atoms with Crippen LogP contribution in [-0.4, -0.2) is 24.6 Å². The van der Waals surface area contributed by atoms with Crippen molar-refractivity contribution in [1.82, 2.24) is 0 Å². The molecule has 0 heterocycles. The minimum absolute atomic E-state index is 0.214. The van der Waals surface area contributed by atoms with E-state index in [0.717, 1.165) is 18.4 Å². The third-order valence-electron chi connectivity index (χ3n) is 7.25. The summed E-state index contributed by atoms with van der Waals surface area (Å²) >= 11 is 0. The lowest BCUT2D eigenvalue weighted by atomic mass is 9.48. The van der Waals surface area contributed by atoms with Crippen molar-refractivity contribution in [3.8, 4) is 0 Å². The molecule has 0 aromatic rings. The van der Waals surface area contributed by atoms with Gasteiger partial charge in [-0.2, -0.15) is 0 Å². The second kappa shape index (κ2) is 8.84. The van der Waals surface area contributed by atoms with Gasteiger partial charge in [0.25, 0.3) is 0 Å². The lowest BCUT2D eigenvalue weighted by Crippen LogP contribution is -2.49. The van der Waals surface area contributed by atoms with Crippen LogP contribution < -0.4 is 0 Å². The van der Waals surface area contributed by atoms with Gasteiger partial charge in [0.1, 0.15) is 12.7 Å². The van der Waals surface area contributed by atoms with Crippen LogP contribution in [0.3, 0.4) is 0 Å². The van der Waals surface area contributed by atoms with Gasteiger partial charge in [-0.15, -0.1) is 0 Å². The van der Waals surface area contributed by atoms with Crippen molar-refractivity contribution in [2.75, 3.05) is 6.61 Å². The summed E-state index contributed by atoms with van der Waals surface area (Å²) < 4.78 is 10.8. The Hall–Kier alpha value is -1.58. The van der Waals surface area contributed by atoms with Gasteiger partial charge in [0.2, 0.25) is 0 Å². The van der Waals surface area contributed by atoms with Gasteiger partial charge in [-0.05, 0) is 73.8 Å². The van der Waals surface area contributed by atoms with Gasteiger partial charge < -0.3 is 9.47 Å². The predicted octanol–water partition coefficient (Wildman–Crippen LogP) is 5.62. The molecule has 0 bridgehead atoms. The summed E-state index contributed by atoms with van der Waals surface area (Å²) in [6, 6.07) is 0. The summed E-state index contributed by atoms with van der Waals surface area (Å²) in [5.74, 6) is 0.449. The van der Waals surface area contributed by atoms with Gasteiger partial charge in [0, 0.05) is 13.8 Å². The molecular weight excluding hydrogens is 352 g/mol. The molecule has 28 heavy (non-hydrogen) atoms. The molecule has 1 fully saturated rings. The summed E-state index contributed by atoms with van der Waals surface area (Å²) in [5, 5.41) is 0. The zero-order valence-corrected chi connectivity index (χ0v) is 18.8. The van der Waals surface area contributed by atoms with Crippen LogP contribution in [0.1, 0.15) is 80.6 Å². The van der Waals surface area contributed by atoms with Crippen molar-refractivity contribution in [2.45, 2.75) is 86.7 Å². The zero-order chi connectivity index (χ0) is 21.1. The first-order valence-corrected chi connectivity index (χ1v) is 10.6. The number of hydrogen-bond acceptors (Lipinski definition) is 4. The number of carbonyl (C=O) groups excluding carboxylic acids is 2. The standard InChI is InChI=1S/C24H38O4/c1-16-9-10-22-23(5,6)12-8-13-24(22,7)20(16)15-21(28-19(4)26)17(2)11-14-27-18(3)25/h9,11,20-22H,8,10,12-15H2,1-7H3/b17-11+/t20-,21+,22-,24+/m0/s1. The monoisotopic (exact) mass is 390 g/mol. The molecule has 0 spiro atoms. The van der Waals surface area contributed by atoms with E-state index in [4.69, 9.17) is 9.47 Å². The minimum atomic E-state index is -0.307. The van der Waals surface area contributed by atoms with Crippen molar-refractivity contribution >= 4 is 11.9 Å². The fourth-order valence-corrected chi connectivity index (χ4v) is 5.76. The Bertz CT molecular complexity index is 658. The van der Waals surface area contributed by atoms with E-state index in [0.29, 0.717) is 17.3 Å². The maximum Gasteiger partial charge on any atom is 0.303 e. The number of ether oxygens (including phenoxy) is 2. The van der Waals surface area contributed by atoms with Crippen LogP contribution in [0.5, 0.6) is 0 Å². The highest BCUT2D eigenvalue weighted by atomic mass is 16.5. The molecular formula is C24H38O4. The van der Waals surface area contributed by atoms with Crippen molar-refractivity contribution in [3.63, 3.8) is 0 Å². The molecule has 2 aliphatic carbocycles. The van der Waals surface area contributed by atoms with Gasteiger partial charge in [-0.3, -0.25) is 9.59 Å². The van der Waals surface area contributed by atoms with E-state index in [1.807, 2.05) is 13.0 Å². The summed E-state index contributed by atoms with van der Waals surface area (Å²) in [6.07, 6.45) is 9.67. The quantitative estimate of drug-likeness (QED) is 0.436. The largest absolute Gasteiger partial charge is 0.462 e. The molecule has 0 unspecified atom stereocenters. The third-order valence-corrected chi connectivity index (χ3v) is 7.25. The number of esters is 2. The number of rotatable bonds is 6. The molecule has 4 atom stereocenters. The second-order valence-corrected chi connectivity index (χ2v) is 9.72. The molecule has 4 nitrogen and oxygen atoms in total. The molecule has 0 N–H and O–H groups in total. The summed E-state index contributed by atoms with van der Waals surface area (Å²) in [7, 11) is 0. The highest BCUT2D eigenvalue weighted by Crippen LogP contribution is 2.60. The van der Waals surface area contributed by atoms with E-state index in [2.05, 4.69) is 33.8 Å². The molecule has 1 saturated carbocycles. The molecule has 0 aromatic carbocycles. The second-order valence-electron chi connectivity index (χ2n) is 9.72. The first-order valence-electron chi connectivity index (χ1n) is 10.6. The fraction of sp³-hybridized carbons (Fsp3) is 0.750. The third kappa shape index (κ3) is 5.07. The Morgan fingerprint density at radius 2 is 1.86 bits per heavy atom. The molecule has 4 heteroatoms. The maximum absolute atomic E-state index is 11.8. The zero-order valence-electron chi connectivity index (χ0n) is 18.8. The Labute approximate surface area is 170 Å². The number of allylic oxidation sites excluding steroid dienone is 2. The van der Waals surface area contributed by atoms with Gasteiger partial charge in [-0.25, -0.2) is 0 Å². The Morgan fingerprint density at radius 1 is 1.18 bits per heavy atom. The fourth-order valence-electron chi connectivity index (χ4n) is 5.76. The molecule has 158 valence electrons. The highest BCUT2D eigenvalue weighted by Gasteiger charge is 2.52. The SMILES string of the molecule is CC(=O)OC/C=C(\C)[C@@H](C[C@H]1C(C)=CC[C@H]2C(C)(C)CCC[C@]12C)OC(C)=O. The highest BCUT2D eigenvalue weighted by molar-refractivity contribution is 5.66. The first kappa shape index (κ1) is 22.7. The number of fused-ring (bicyclic) bond motifs is 1. The van der Waals surface area contributed by atoms with E-state index in [1.165, 1.54) is 38.7 Å². The summed E-state index contributed by atoms with van der Waals surface area (Å²) in [4.78, 5) is 22.8. The van der Waals surface area contributed by atoms with Crippen LogP contribution in [-0.2, 0) is 19.1 Å². The van der Waals surface area contributed by atoms with Crippen molar-refractivity contribution < 1.29 is 19.1 Å². The van der Waals surface area contributed by atoms with Crippen LogP contribution >= 0.6 is 0 Å². The topological polar surface area (TPSA) is 52.6 Å². The van der Waals surface area contributed by atoms with Gasteiger partial charge in [0.05, 0.1) is 0 Å². The van der Waals surface area contributed by atoms with Gasteiger partial charge in [-0.1, -0.05) is 38.8 Å². The van der Waals surface area contributed by atoms with Crippen LogP contribution in [0.4, 0.5) is 0 Å². The molecule has 2 aliphatic rings. The van der Waals surface area contributed by atoms with Crippen molar-refractivity contribution in [2.24, 2.45) is 22.7 Å². The van der Waals surface area contributed by atoms with Crippen LogP contribution in [0.2, 0.25) is 0 Å². The number of carbonyl (C=O) groups is 2. The van der Waals surface area contributed by atoms with E-state index in [-0.39, 0.29) is 30.1 Å². The van der Waals surface area contributed by atoms with Crippen molar-refractivity contribution in [1.29, 1.82) is 0 Å². The molecule has 0 radical (unpaired) electrons. The maximum atomic E-state index is 11.8. The van der Waals surface area contributed by atoms with E-state index in [9.17, 15) is 9.59 Å². The average molecular weight is 391 g/mol. The summed E-state index contributed by atoms with van der Waals surface area (Å²) in [5.41, 5.74) is 2.92. The van der Waals surface area contributed by atoms with Gasteiger partial charge in [0.15, 0.2) is 0 Å². The normalized spacial score (nSPS) is 30.7. The van der Waals surface area contributed by atoms with Crippen molar-refractivity contribution in [3.05, 3.63) is 23.3 Å². The van der Waals surface area contributed by atoms with Gasteiger partial charge >= 0.3 is 11.9 Å². The Kier molecular flexibility index (Phi) is 7.17. The lowest BCUT2D eigenvalue weighted by Gasteiger charge is -2.57. The molecule has 0 aromatic heterocycles. The minimum Gasteiger partial charge on any atom is -0.462 e. The smallest absolute Gasteiger partial charge is 0.303 e. The van der Waals surface area contributed by atoms with Crippen LogP contribution in [0.15, 0.2) is 23.3 Å². The van der Waals surface area contributed by atoms with Crippen LogP contribution in [0, 0.1) is 22.7 Å².